The molecule has 5 nitrogen and oxygen atoms in total. The highest BCUT2D eigenvalue weighted by atomic mass is 19.2. The third-order valence-electron chi connectivity index (χ3n) is 4.53. The van der Waals surface area contributed by atoms with Crippen LogP contribution in [-0.2, 0) is 13.1 Å². The number of benzene rings is 2. The summed E-state index contributed by atoms with van der Waals surface area (Å²) >= 11 is 0. The van der Waals surface area contributed by atoms with Crippen LogP contribution in [-0.4, -0.2) is 22.8 Å². The molecule has 0 aliphatic heterocycles. The molecule has 2 aromatic carbocycles. The maximum atomic E-state index is 13.8. The van der Waals surface area contributed by atoms with Gasteiger partial charge in [-0.05, 0) is 31.5 Å². The van der Waals surface area contributed by atoms with Gasteiger partial charge in [0.05, 0.1) is 11.4 Å². The van der Waals surface area contributed by atoms with Crippen molar-refractivity contribution in [3.05, 3.63) is 82.2 Å². The minimum absolute atomic E-state index is 0.178. The van der Waals surface area contributed by atoms with Gasteiger partial charge in [-0.2, -0.15) is 5.10 Å². The summed E-state index contributed by atoms with van der Waals surface area (Å²) < 4.78 is 56.2. The zero-order valence-electron chi connectivity index (χ0n) is 16.7. The van der Waals surface area contributed by atoms with Gasteiger partial charge in [0.25, 0.3) is 0 Å². The molecule has 0 unspecified atom stereocenters. The van der Waals surface area contributed by atoms with Crippen molar-refractivity contribution in [1.82, 2.24) is 20.4 Å². The summed E-state index contributed by atoms with van der Waals surface area (Å²) in [6, 6.07) is 9.75. The van der Waals surface area contributed by atoms with Gasteiger partial charge in [0.1, 0.15) is 0 Å². The van der Waals surface area contributed by atoms with E-state index in [9.17, 15) is 17.6 Å². The van der Waals surface area contributed by atoms with Crippen LogP contribution in [0.25, 0.3) is 5.69 Å². The van der Waals surface area contributed by atoms with Crippen LogP contribution in [0.3, 0.4) is 0 Å². The van der Waals surface area contributed by atoms with Crippen LogP contribution in [0, 0.1) is 37.1 Å². The van der Waals surface area contributed by atoms with Gasteiger partial charge in [0, 0.05) is 37.5 Å². The molecule has 0 saturated carbocycles. The van der Waals surface area contributed by atoms with E-state index in [1.807, 2.05) is 48.9 Å². The Balaban J connectivity index is 1.73. The number of hydrogen-bond donors (Lipinski definition) is 2. The molecule has 3 aromatic rings. The Labute approximate surface area is 171 Å². The Hall–Kier alpha value is -3.36. The molecule has 2 N–H and O–H groups in total. The van der Waals surface area contributed by atoms with E-state index in [1.54, 1.807) is 0 Å². The minimum Gasteiger partial charge on any atom is -0.352 e. The molecule has 0 amide bonds. The number of rotatable bonds is 5. The third kappa shape index (κ3) is 4.45. The maximum absolute atomic E-state index is 13.8. The van der Waals surface area contributed by atoms with E-state index in [2.05, 4.69) is 20.7 Å². The van der Waals surface area contributed by atoms with Gasteiger partial charge in [-0.3, -0.25) is 4.99 Å². The Morgan fingerprint density at radius 3 is 2.20 bits per heavy atom. The molecule has 0 aliphatic carbocycles. The van der Waals surface area contributed by atoms with Gasteiger partial charge < -0.3 is 10.6 Å². The number of guanidine groups is 1. The molecule has 0 atom stereocenters. The number of aliphatic imine (C=N–C) groups is 1. The molecule has 0 bridgehead atoms. The van der Waals surface area contributed by atoms with Crippen LogP contribution in [0.5, 0.6) is 0 Å². The molecular formula is C21H21F4N5. The lowest BCUT2D eigenvalue weighted by molar-refractivity contribution is 0.437. The molecule has 0 saturated heterocycles. The average Bonchev–Trinajstić information content (AvgIpc) is 3.06. The topological polar surface area (TPSA) is 54.2 Å². The Morgan fingerprint density at radius 1 is 0.967 bits per heavy atom. The van der Waals surface area contributed by atoms with Crippen molar-refractivity contribution in [2.45, 2.75) is 26.9 Å². The number of aryl methyl sites for hydroxylation is 2. The first-order chi connectivity index (χ1) is 14.3. The summed E-state index contributed by atoms with van der Waals surface area (Å²) in [5.74, 6) is -5.57. The molecule has 0 fully saturated rings. The normalized spacial score (nSPS) is 11.6. The monoisotopic (exact) mass is 419 g/mol. The summed E-state index contributed by atoms with van der Waals surface area (Å²) in [7, 11) is 1.47. The molecule has 0 aliphatic rings. The summed E-state index contributed by atoms with van der Waals surface area (Å²) in [6.07, 6.45) is 0. The first-order valence-electron chi connectivity index (χ1n) is 9.19. The quantitative estimate of drug-likeness (QED) is 0.285. The molecule has 1 heterocycles. The fourth-order valence-corrected chi connectivity index (χ4v) is 3.09. The predicted molar refractivity (Wildman–Crippen MR) is 106 cm³/mol. The van der Waals surface area contributed by atoms with Crippen LogP contribution >= 0.6 is 0 Å². The van der Waals surface area contributed by atoms with E-state index in [1.165, 1.54) is 7.05 Å². The summed E-state index contributed by atoms with van der Waals surface area (Å²) in [5, 5.41) is 10.2. The molecule has 158 valence electrons. The van der Waals surface area contributed by atoms with Gasteiger partial charge >= 0.3 is 0 Å². The van der Waals surface area contributed by atoms with Gasteiger partial charge in [0.15, 0.2) is 29.2 Å². The van der Waals surface area contributed by atoms with Crippen molar-refractivity contribution in [1.29, 1.82) is 0 Å². The minimum atomic E-state index is -1.45. The van der Waals surface area contributed by atoms with E-state index < -0.39 is 35.4 Å². The summed E-state index contributed by atoms with van der Waals surface area (Å²) in [6.45, 7) is 3.71. The number of aromatic nitrogens is 2. The SMILES string of the molecule is CN=C(NCc1ccccc1-n1nc(C)cc1C)NCc1c(F)c(F)cc(F)c1F. The number of halogens is 4. The molecule has 0 radical (unpaired) electrons. The highest BCUT2D eigenvalue weighted by Crippen LogP contribution is 2.19. The lowest BCUT2D eigenvalue weighted by Crippen LogP contribution is -2.37. The van der Waals surface area contributed by atoms with Crippen LogP contribution in [0.15, 0.2) is 41.4 Å². The number of nitrogens with one attached hydrogen (secondary N) is 2. The standard InChI is InChI=1S/C21H21F4N5/c1-12-8-13(2)30(29-12)18-7-5-4-6-14(18)10-27-21(26-3)28-11-15-19(24)16(22)9-17(23)20(15)25/h4-9H,10-11H2,1-3H3,(H2,26,27,28). The lowest BCUT2D eigenvalue weighted by atomic mass is 10.1. The Morgan fingerprint density at radius 2 is 1.60 bits per heavy atom. The zero-order valence-corrected chi connectivity index (χ0v) is 16.7. The summed E-state index contributed by atoms with van der Waals surface area (Å²) in [5.41, 5.74) is 2.90. The molecular weight excluding hydrogens is 398 g/mol. The number of hydrogen-bond acceptors (Lipinski definition) is 2. The molecule has 30 heavy (non-hydrogen) atoms. The van der Waals surface area contributed by atoms with Gasteiger partial charge in [-0.15, -0.1) is 0 Å². The van der Waals surface area contributed by atoms with Gasteiger partial charge in [0.2, 0.25) is 0 Å². The molecule has 0 spiro atoms. The largest absolute Gasteiger partial charge is 0.352 e. The molecule has 1 aromatic heterocycles. The van der Waals surface area contributed by atoms with Crippen LogP contribution in [0.1, 0.15) is 22.5 Å². The lowest BCUT2D eigenvalue weighted by Gasteiger charge is -2.15. The third-order valence-corrected chi connectivity index (χ3v) is 4.53. The first kappa shape index (κ1) is 21.4. The van der Waals surface area contributed by atoms with E-state index in [0.717, 1.165) is 22.6 Å². The van der Waals surface area contributed by atoms with Crippen molar-refractivity contribution in [3.8, 4) is 5.69 Å². The smallest absolute Gasteiger partial charge is 0.191 e. The number of para-hydroxylation sites is 1. The zero-order chi connectivity index (χ0) is 21.8. The van der Waals surface area contributed by atoms with Gasteiger partial charge in [-0.1, -0.05) is 18.2 Å². The highest BCUT2D eigenvalue weighted by molar-refractivity contribution is 5.79. The second-order valence-corrected chi connectivity index (χ2v) is 6.69. The second kappa shape index (κ2) is 8.98. The van der Waals surface area contributed by atoms with Crippen LogP contribution < -0.4 is 10.6 Å². The van der Waals surface area contributed by atoms with Crippen molar-refractivity contribution >= 4 is 5.96 Å². The Bertz CT molecular complexity index is 1060. The fourth-order valence-electron chi connectivity index (χ4n) is 3.09. The van der Waals surface area contributed by atoms with Crippen molar-refractivity contribution in [2.75, 3.05) is 7.05 Å². The van der Waals surface area contributed by atoms with Crippen LogP contribution in [0.2, 0.25) is 0 Å². The molecule has 3 rings (SSSR count). The maximum Gasteiger partial charge on any atom is 0.191 e. The highest BCUT2D eigenvalue weighted by Gasteiger charge is 2.19. The van der Waals surface area contributed by atoms with Crippen molar-refractivity contribution in [2.24, 2.45) is 4.99 Å². The molecule has 9 heteroatoms. The predicted octanol–water partition coefficient (Wildman–Crippen LogP) is 3.91. The van der Waals surface area contributed by atoms with Crippen molar-refractivity contribution in [3.63, 3.8) is 0 Å². The summed E-state index contributed by atoms with van der Waals surface area (Å²) in [4.78, 5) is 3.99. The fraction of sp³-hybridized carbons (Fsp3) is 0.238. The van der Waals surface area contributed by atoms with Gasteiger partial charge in [-0.25, -0.2) is 22.2 Å². The average molecular weight is 419 g/mol. The van der Waals surface area contributed by atoms with E-state index in [0.29, 0.717) is 6.54 Å². The Kier molecular flexibility index (Phi) is 6.39. The van der Waals surface area contributed by atoms with E-state index in [-0.39, 0.29) is 12.0 Å². The van der Waals surface area contributed by atoms with Crippen molar-refractivity contribution < 1.29 is 17.6 Å². The first-order valence-corrected chi connectivity index (χ1v) is 9.19. The van der Waals surface area contributed by atoms with E-state index in [4.69, 9.17) is 0 Å². The number of nitrogens with zero attached hydrogens (tertiary/aromatic N) is 3. The van der Waals surface area contributed by atoms with E-state index >= 15 is 0 Å². The second-order valence-electron chi connectivity index (χ2n) is 6.69. The van der Waals surface area contributed by atoms with Crippen LogP contribution in [0.4, 0.5) is 17.6 Å².